The minimum Gasteiger partial charge on any atom is -0.493 e. The van der Waals surface area contributed by atoms with Gasteiger partial charge in [-0.1, -0.05) is 12.1 Å². The first-order valence-electron chi connectivity index (χ1n) is 6.41. The van der Waals surface area contributed by atoms with Crippen LogP contribution in [0.5, 0.6) is 5.75 Å². The van der Waals surface area contributed by atoms with E-state index in [-0.39, 0.29) is 0 Å². The Kier molecular flexibility index (Phi) is 4.56. The molecule has 102 valence electrons. The molecule has 2 aromatic rings. The third kappa shape index (κ3) is 3.72. The highest BCUT2D eigenvalue weighted by molar-refractivity contribution is 5.52. The van der Waals surface area contributed by atoms with Gasteiger partial charge in [-0.3, -0.25) is 0 Å². The summed E-state index contributed by atoms with van der Waals surface area (Å²) in [7, 11) is 0. The van der Waals surface area contributed by atoms with Crippen molar-refractivity contribution in [1.29, 1.82) is 5.26 Å². The minimum atomic E-state index is 0.556. The second-order valence-electron chi connectivity index (χ2n) is 4.37. The molecule has 0 radical (unpaired) electrons. The number of benzene rings is 1. The zero-order chi connectivity index (χ0) is 14.4. The largest absolute Gasteiger partial charge is 0.493 e. The molecule has 0 aliphatic carbocycles. The molecule has 0 N–H and O–H groups in total. The van der Waals surface area contributed by atoms with Crippen LogP contribution in [0.3, 0.4) is 0 Å². The number of nitriles is 1. The van der Waals surface area contributed by atoms with Gasteiger partial charge in [0.05, 0.1) is 18.4 Å². The lowest BCUT2D eigenvalue weighted by molar-refractivity contribution is 0.320. The van der Waals surface area contributed by atoms with Gasteiger partial charge in [-0.25, -0.2) is 4.98 Å². The van der Waals surface area contributed by atoms with Crippen LogP contribution in [-0.4, -0.2) is 11.6 Å². The summed E-state index contributed by atoms with van der Waals surface area (Å²) < 4.78 is 11.0. The van der Waals surface area contributed by atoms with Crippen LogP contribution in [0, 0.1) is 25.2 Å². The average molecular weight is 268 g/mol. The Labute approximate surface area is 118 Å². The normalized spacial score (nSPS) is 10.7. The van der Waals surface area contributed by atoms with E-state index in [4.69, 9.17) is 14.4 Å². The van der Waals surface area contributed by atoms with Crippen LogP contribution in [0.4, 0.5) is 0 Å². The highest BCUT2D eigenvalue weighted by Crippen LogP contribution is 2.14. The SMILES string of the molecule is Cc1nc(CCOc2ccc(/C=C/C#N)cc2)c(C)o1. The van der Waals surface area contributed by atoms with Gasteiger partial charge in [0.15, 0.2) is 5.89 Å². The molecule has 1 aromatic carbocycles. The first kappa shape index (κ1) is 13.9. The highest BCUT2D eigenvalue weighted by atomic mass is 16.5. The van der Waals surface area contributed by atoms with Crippen molar-refractivity contribution in [3.05, 3.63) is 53.2 Å². The topological polar surface area (TPSA) is 59.0 Å². The van der Waals surface area contributed by atoms with E-state index >= 15 is 0 Å². The van der Waals surface area contributed by atoms with Gasteiger partial charge < -0.3 is 9.15 Å². The summed E-state index contributed by atoms with van der Waals surface area (Å²) in [5.74, 6) is 2.34. The molecule has 0 bridgehead atoms. The fourth-order valence-corrected chi connectivity index (χ4v) is 1.88. The maximum absolute atomic E-state index is 8.46. The standard InChI is InChI=1S/C16H16N2O2/c1-12-16(18-13(2)20-12)9-11-19-15-7-5-14(6-8-15)4-3-10-17/h3-8H,9,11H2,1-2H3/b4-3+. The van der Waals surface area contributed by atoms with Gasteiger partial charge in [-0.05, 0) is 30.7 Å². The quantitative estimate of drug-likeness (QED) is 0.779. The van der Waals surface area contributed by atoms with Crippen LogP contribution in [0.15, 0.2) is 34.8 Å². The number of nitrogens with zero attached hydrogens (tertiary/aromatic N) is 2. The second kappa shape index (κ2) is 6.58. The zero-order valence-electron chi connectivity index (χ0n) is 11.6. The van der Waals surface area contributed by atoms with E-state index < -0.39 is 0 Å². The number of oxazole rings is 1. The van der Waals surface area contributed by atoms with Gasteiger partial charge in [-0.2, -0.15) is 5.26 Å². The number of aryl methyl sites for hydroxylation is 2. The fraction of sp³-hybridized carbons (Fsp3) is 0.250. The Balaban J connectivity index is 1.87. The third-order valence-electron chi connectivity index (χ3n) is 2.84. The summed E-state index contributed by atoms with van der Waals surface area (Å²) >= 11 is 0. The number of aromatic nitrogens is 1. The van der Waals surface area contributed by atoms with E-state index in [1.54, 1.807) is 6.08 Å². The number of hydrogen-bond acceptors (Lipinski definition) is 4. The minimum absolute atomic E-state index is 0.556. The number of rotatable bonds is 5. The van der Waals surface area contributed by atoms with Crippen LogP contribution >= 0.6 is 0 Å². The molecule has 0 saturated carbocycles. The zero-order valence-corrected chi connectivity index (χ0v) is 11.6. The van der Waals surface area contributed by atoms with E-state index in [9.17, 15) is 0 Å². The van der Waals surface area contributed by atoms with Crippen LogP contribution in [0.1, 0.15) is 22.9 Å². The highest BCUT2D eigenvalue weighted by Gasteiger charge is 2.06. The second-order valence-corrected chi connectivity index (χ2v) is 4.37. The van der Waals surface area contributed by atoms with Gasteiger partial charge in [0.25, 0.3) is 0 Å². The molecule has 1 heterocycles. The molecule has 20 heavy (non-hydrogen) atoms. The molecule has 0 saturated heterocycles. The predicted molar refractivity (Wildman–Crippen MR) is 76.3 cm³/mol. The molecule has 1 aromatic heterocycles. The first-order valence-corrected chi connectivity index (χ1v) is 6.41. The first-order chi connectivity index (χ1) is 9.69. The molecule has 4 nitrogen and oxygen atoms in total. The van der Waals surface area contributed by atoms with E-state index in [0.717, 1.165) is 29.2 Å². The number of hydrogen-bond donors (Lipinski definition) is 0. The van der Waals surface area contributed by atoms with Crippen molar-refractivity contribution in [2.24, 2.45) is 0 Å². The van der Waals surface area contributed by atoms with Crippen molar-refractivity contribution in [3.63, 3.8) is 0 Å². The summed E-state index contributed by atoms with van der Waals surface area (Å²) in [6, 6.07) is 9.56. The van der Waals surface area contributed by atoms with Crippen LogP contribution in [0.2, 0.25) is 0 Å². The van der Waals surface area contributed by atoms with Crippen molar-refractivity contribution >= 4 is 6.08 Å². The Hall–Kier alpha value is -2.54. The summed E-state index contributed by atoms with van der Waals surface area (Å²) in [4.78, 5) is 4.30. The van der Waals surface area contributed by atoms with Gasteiger partial charge in [0, 0.05) is 19.4 Å². The van der Waals surface area contributed by atoms with Crippen LogP contribution in [-0.2, 0) is 6.42 Å². The Morgan fingerprint density at radius 2 is 2.05 bits per heavy atom. The van der Waals surface area contributed by atoms with Gasteiger partial charge in [0.1, 0.15) is 11.5 Å². The summed E-state index contributed by atoms with van der Waals surface area (Å²) in [6.45, 7) is 4.30. The van der Waals surface area contributed by atoms with E-state index in [1.807, 2.05) is 44.2 Å². The molecular weight excluding hydrogens is 252 g/mol. The Bertz CT molecular complexity index is 633. The molecule has 2 rings (SSSR count). The van der Waals surface area contributed by atoms with E-state index in [2.05, 4.69) is 4.98 Å². The smallest absolute Gasteiger partial charge is 0.191 e. The summed E-state index contributed by atoms with van der Waals surface area (Å²) in [5.41, 5.74) is 1.91. The lowest BCUT2D eigenvalue weighted by atomic mass is 10.2. The lowest BCUT2D eigenvalue weighted by Gasteiger charge is -2.05. The van der Waals surface area contributed by atoms with Gasteiger partial charge in [0.2, 0.25) is 0 Å². The molecule has 0 fully saturated rings. The van der Waals surface area contributed by atoms with Crippen molar-refractivity contribution in [1.82, 2.24) is 4.98 Å². The van der Waals surface area contributed by atoms with E-state index in [1.165, 1.54) is 6.08 Å². The Morgan fingerprint density at radius 1 is 1.30 bits per heavy atom. The maximum Gasteiger partial charge on any atom is 0.191 e. The summed E-state index contributed by atoms with van der Waals surface area (Å²) in [6.07, 6.45) is 3.93. The monoisotopic (exact) mass is 268 g/mol. The Morgan fingerprint density at radius 3 is 2.65 bits per heavy atom. The lowest BCUT2D eigenvalue weighted by Crippen LogP contribution is -2.02. The third-order valence-corrected chi connectivity index (χ3v) is 2.84. The summed E-state index contributed by atoms with van der Waals surface area (Å²) in [5, 5.41) is 8.46. The van der Waals surface area contributed by atoms with Crippen molar-refractivity contribution in [3.8, 4) is 11.8 Å². The maximum atomic E-state index is 8.46. The van der Waals surface area contributed by atoms with Gasteiger partial charge in [-0.15, -0.1) is 0 Å². The average Bonchev–Trinajstić information content (AvgIpc) is 2.76. The van der Waals surface area contributed by atoms with Crippen LogP contribution in [0.25, 0.3) is 6.08 Å². The number of allylic oxidation sites excluding steroid dienone is 1. The van der Waals surface area contributed by atoms with Crippen LogP contribution < -0.4 is 4.74 Å². The van der Waals surface area contributed by atoms with Crippen molar-refractivity contribution in [2.75, 3.05) is 6.61 Å². The molecular formula is C16H16N2O2. The molecule has 0 aliphatic rings. The molecule has 0 atom stereocenters. The molecule has 0 aliphatic heterocycles. The van der Waals surface area contributed by atoms with Crippen molar-refractivity contribution < 1.29 is 9.15 Å². The van der Waals surface area contributed by atoms with E-state index in [0.29, 0.717) is 12.5 Å². The fourth-order valence-electron chi connectivity index (χ4n) is 1.88. The molecule has 0 spiro atoms. The predicted octanol–water partition coefficient (Wildman–Crippen LogP) is 3.45. The molecule has 0 amide bonds. The van der Waals surface area contributed by atoms with Crippen molar-refractivity contribution in [2.45, 2.75) is 20.3 Å². The van der Waals surface area contributed by atoms with Gasteiger partial charge >= 0.3 is 0 Å². The number of ether oxygens (including phenoxy) is 1. The molecule has 0 unspecified atom stereocenters. The molecule has 4 heteroatoms.